The average molecular weight is 401 g/mol. The van der Waals surface area contributed by atoms with Crippen molar-refractivity contribution in [3.05, 3.63) is 48.3 Å². The molecule has 1 atom stereocenters. The molecule has 0 aliphatic carbocycles. The lowest BCUT2D eigenvalue weighted by atomic mass is 9.79. The number of hydrogen-bond acceptors (Lipinski definition) is 4. The van der Waals surface area contributed by atoms with E-state index in [9.17, 15) is 18.3 Å². The van der Waals surface area contributed by atoms with Crippen molar-refractivity contribution in [2.24, 2.45) is 5.41 Å². The van der Waals surface area contributed by atoms with E-state index in [1.165, 1.54) is 0 Å². The highest BCUT2D eigenvalue weighted by atomic mass is 32.2. The minimum absolute atomic E-state index is 0.466. The minimum atomic E-state index is -3.34. The molecule has 148 valence electrons. The van der Waals surface area contributed by atoms with Gasteiger partial charge in [0, 0.05) is 23.0 Å². The van der Waals surface area contributed by atoms with Crippen LogP contribution in [0.5, 0.6) is 0 Å². The molecule has 0 bridgehead atoms. The summed E-state index contributed by atoms with van der Waals surface area (Å²) in [6, 6.07) is 10.7. The molecule has 1 aromatic carbocycles. The molecule has 0 saturated carbocycles. The molecule has 2 aromatic heterocycles. The standard InChI is InChI=1S/C20H23N3O4S/c1-20(2,3)17(19(24)25)16-11-15-14(9-10-21-18(15)22-16)12-5-7-13(8-6-12)23-28(4,26)27/h5-11,17,23H,1-4H3,(H,21,22)(H,24,25). The van der Waals surface area contributed by atoms with Crippen LogP contribution in [0, 0.1) is 5.41 Å². The second-order valence-corrected chi connectivity index (χ2v) is 9.68. The van der Waals surface area contributed by atoms with Crippen molar-refractivity contribution in [1.29, 1.82) is 0 Å². The van der Waals surface area contributed by atoms with E-state index < -0.39 is 27.3 Å². The predicted octanol–water partition coefficient (Wildman–Crippen LogP) is 3.82. The highest BCUT2D eigenvalue weighted by molar-refractivity contribution is 7.92. The fourth-order valence-corrected chi connectivity index (χ4v) is 3.92. The lowest BCUT2D eigenvalue weighted by Crippen LogP contribution is -2.26. The van der Waals surface area contributed by atoms with Gasteiger partial charge in [0.15, 0.2) is 0 Å². The molecule has 28 heavy (non-hydrogen) atoms. The highest BCUT2D eigenvalue weighted by Crippen LogP contribution is 2.38. The van der Waals surface area contributed by atoms with E-state index in [2.05, 4.69) is 14.7 Å². The molecule has 0 aliphatic rings. The third-order valence-corrected chi connectivity index (χ3v) is 5.08. The molecule has 0 spiro atoms. The molecule has 0 fully saturated rings. The van der Waals surface area contributed by atoms with E-state index in [0.29, 0.717) is 17.0 Å². The van der Waals surface area contributed by atoms with Crippen LogP contribution in [0.4, 0.5) is 5.69 Å². The zero-order chi connectivity index (χ0) is 20.7. The van der Waals surface area contributed by atoms with Crippen LogP contribution in [0.1, 0.15) is 32.4 Å². The lowest BCUT2D eigenvalue weighted by molar-refractivity contribution is -0.141. The normalized spacial score (nSPS) is 13.4. The Morgan fingerprint density at radius 1 is 1.18 bits per heavy atom. The highest BCUT2D eigenvalue weighted by Gasteiger charge is 2.34. The number of anilines is 1. The van der Waals surface area contributed by atoms with E-state index in [1.807, 2.05) is 45.0 Å². The monoisotopic (exact) mass is 401 g/mol. The van der Waals surface area contributed by atoms with Crippen LogP contribution in [-0.4, -0.2) is 35.7 Å². The van der Waals surface area contributed by atoms with Gasteiger partial charge in [0.25, 0.3) is 0 Å². The summed E-state index contributed by atoms with van der Waals surface area (Å²) in [5, 5.41) is 10.5. The molecule has 0 aliphatic heterocycles. The second-order valence-electron chi connectivity index (χ2n) is 7.93. The van der Waals surface area contributed by atoms with Crippen molar-refractivity contribution in [3.63, 3.8) is 0 Å². The maximum absolute atomic E-state index is 11.8. The molecule has 0 radical (unpaired) electrons. The Labute approximate surface area is 163 Å². The van der Waals surface area contributed by atoms with Gasteiger partial charge in [-0.05, 0) is 40.8 Å². The van der Waals surface area contributed by atoms with E-state index in [-0.39, 0.29) is 0 Å². The van der Waals surface area contributed by atoms with Gasteiger partial charge in [-0.25, -0.2) is 13.4 Å². The van der Waals surface area contributed by atoms with Gasteiger partial charge in [-0.2, -0.15) is 0 Å². The second kappa shape index (κ2) is 6.94. The first-order chi connectivity index (χ1) is 13.0. The first-order valence-corrected chi connectivity index (χ1v) is 10.6. The van der Waals surface area contributed by atoms with E-state index >= 15 is 0 Å². The number of carboxylic acids is 1. The van der Waals surface area contributed by atoms with E-state index in [4.69, 9.17) is 0 Å². The third kappa shape index (κ3) is 4.17. The number of aliphatic carboxylic acids is 1. The maximum atomic E-state index is 11.8. The molecule has 3 N–H and O–H groups in total. The zero-order valence-corrected chi connectivity index (χ0v) is 17.0. The number of pyridine rings is 1. The van der Waals surface area contributed by atoms with Crippen molar-refractivity contribution in [2.45, 2.75) is 26.7 Å². The molecule has 0 amide bonds. The largest absolute Gasteiger partial charge is 0.481 e. The van der Waals surface area contributed by atoms with Gasteiger partial charge in [-0.15, -0.1) is 0 Å². The van der Waals surface area contributed by atoms with Gasteiger partial charge in [-0.1, -0.05) is 32.9 Å². The summed E-state index contributed by atoms with van der Waals surface area (Å²) in [4.78, 5) is 19.3. The van der Waals surface area contributed by atoms with Crippen LogP contribution in [0.25, 0.3) is 22.2 Å². The Balaban J connectivity index is 2.06. The fraction of sp³-hybridized carbons (Fsp3) is 0.300. The summed E-state index contributed by atoms with van der Waals surface area (Å²) in [6.07, 6.45) is 2.76. The van der Waals surface area contributed by atoms with E-state index in [1.54, 1.807) is 18.3 Å². The summed E-state index contributed by atoms with van der Waals surface area (Å²) in [5.41, 5.74) is 2.99. The molecular formula is C20H23N3O4S. The number of sulfonamides is 1. The van der Waals surface area contributed by atoms with Crippen LogP contribution in [0.2, 0.25) is 0 Å². The molecular weight excluding hydrogens is 378 g/mol. The van der Waals surface area contributed by atoms with Crippen LogP contribution in [0.3, 0.4) is 0 Å². The predicted molar refractivity (Wildman–Crippen MR) is 110 cm³/mol. The minimum Gasteiger partial charge on any atom is -0.481 e. The number of nitrogens with zero attached hydrogens (tertiary/aromatic N) is 1. The number of carboxylic acid groups (broad SMARTS) is 1. The Kier molecular flexibility index (Phi) is 4.93. The summed E-state index contributed by atoms with van der Waals surface area (Å²) in [5.74, 6) is -1.59. The van der Waals surface area contributed by atoms with Crippen molar-refractivity contribution in [3.8, 4) is 11.1 Å². The van der Waals surface area contributed by atoms with Crippen molar-refractivity contribution >= 4 is 32.7 Å². The van der Waals surface area contributed by atoms with Gasteiger partial charge in [-0.3, -0.25) is 9.52 Å². The molecule has 8 heteroatoms. The smallest absolute Gasteiger partial charge is 0.313 e. The van der Waals surface area contributed by atoms with Gasteiger partial charge < -0.3 is 10.1 Å². The Morgan fingerprint density at radius 3 is 2.36 bits per heavy atom. The fourth-order valence-electron chi connectivity index (χ4n) is 3.36. The van der Waals surface area contributed by atoms with Crippen LogP contribution in [0.15, 0.2) is 42.6 Å². The summed E-state index contributed by atoms with van der Waals surface area (Å²) < 4.78 is 25.2. The summed E-state index contributed by atoms with van der Waals surface area (Å²) in [7, 11) is -3.34. The molecule has 3 aromatic rings. The first kappa shape index (κ1) is 19.9. The van der Waals surface area contributed by atoms with Crippen molar-refractivity contribution in [1.82, 2.24) is 9.97 Å². The number of rotatable bonds is 5. The van der Waals surface area contributed by atoms with Crippen LogP contribution in [-0.2, 0) is 14.8 Å². The van der Waals surface area contributed by atoms with Crippen molar-refractivity contribution < 1.29 is 18.3 Å². The van der Waals surface area contributed by atoms with E-state index in [0.717, 1.165) is 22.8 Å². The zero-order valence-electron chi connectivity index (χ0n) is 16.1. The SMILES string of the molecule is CC(C)(C)C(C(=O)O)c1cc2c(-c3ccc(NS(C)(=O)=O)cc3)ccnc2[nH]1. The Morgan fingerprint density at radius 2 is 1.82 bits per heavy atom. The third-order valence-electron chi connectivity index (χ3n) is 4.48. The quantitative estimate of drug-likeness (QED) is 0.602. The molecule has 2 heterocycles. The van der Waals surface area contributed by atoms with Crippen molar-refractivity contribution in [2.75, 3.05) is 11.0 Å². The van der Waals surface area contributed by atoms with Gasteiger partial charge in [0.05, 0.1) is 6.26 Å². The number of aromatic nitrogens is 2. The van der Waals surface area contributed by atoms with Gasteiger partial charge in [0.2, 0.25) is 10.0 Å². The van der Waals surface area contributed by atoms with Gasteiger partial charge >= 0.3 is 5.97 Å². The molecule has 7 nitrogen and oxygen atoms in total. The van der Waals surface area contributed by atoms with Gasteiger partial charge in [0.1, 0.15) is 11.6 Å². The molecule has 3 rings (SSSR count). The Bertz CT molecular complexity index is 1130. The Hall–Kier alpha value is -2.87. The van der Waals surface area contributed by atoms with Crippen LogP contribution < -0.4 is 4.72 Å². The lowest BCUT2D eigenvalue weighted by Gasteiger charge is -2.26. The average Bonchev–Trinajstić information content (AvgIpc) is 2.95. The maximum Gasteiger partial charge on any atom is 0.313 e. The number of benzene rings is 1. The number of H-pyrrole nitrogens is 1. The van der Waals surface area contributed by atoms with Crippen LogP contribution >= 0.6 is 0 Å². The summed E-state index contributed by atoms with van der Waals surface area (Å²) in [6.45, 7) is 5.66. The number of nitrogens with one attached hydrogen (secondary N) is 2. The topological polar surface area (TPSA) is 112 Å². The number of carbonyl (C=O) groups is 1. The summed E-state index contributed by atoms with van der Waals surface area (Å²) >= 11 is 0. The number of hydrogen-bond donors (Lipinski definition) is 3. The number of aromatic amines is 1. The molecule has 1 unspecified atom stereocenters. The number of fused-ring (bicyclic) bond motifs is 1. The molecule has 0 saturated heterocycles. The first-order valence-electron chi connectivity index (χ1n) is 8.74.